The third kappa shape index (κ3) is 14.9. The predicted molar refractivity (Wildman–Crippen MR) is 261 cm³/mol. The number of nitrogens with zero attached hydrogens (tertiary/aromatic N) is 1. The molecular weight excluding hydrogens is 1170 g/mol. The average molecular weight is 1250 g/mol. The summed E-state index contributed by atoms with van der Waals surface area (Å²) in [5.74, 6) is 0. The minimum absolute atomic E-state index is 0.172. The molecule has 0 saturated carbocycles. The first-order valence-corrected chi connectivity index (χ1v) is 27.6. The highest BCUT2D eigenvalue weighted by atomic mass is 16.8. The van der Waals surface area contributed by atoms with E-state index in [9.17, 15) is 107 Å². The van der Waals surface area contributed by atoms with Crippen molar-refractivity contribution >= 4 is 0 Å². The Kier molecular flexibility index (Phi) is 24.0. The van der Waals surface area contributed by atoms with Crippen molar-refractivity contribution in [3.63, 3.8) is 0 Å². The summed E-state index contributed by atoms with van der Waals surface area (Å²) in [6, 6.07) is 0. The van der Waals surface area contributed by atoms with Gasteiger partial charge < -0.3 is 183 Å². The molecule has 36 atom stereocenters. The molecular formula is C48H84NO36+. The molecule has 21 aliphatic rings. The summed E-state index contributed by atoms with van der Waals surface area (Å²) < 4.78 is 87.0. The summed E-state index contributed by atoms with van der Waals surface area (Å²) in [7, 11) is 5.36. The number of hydrogen-bond donors (Lipinski definition) is 21. The van der Waals surface area contributed by atoms with Crippen molar-refractivity contribution in [1.29, 1.82) is 0 Å². The van der Waals surface area contributed by atoms with E-state index in [1.54, 1.807) is 21.1 Å². The smallest absolute Gasteiger partial charge is 0.187 e. The third-order valence-corrected chi connectivity index (χ3v) is 16.0. The molecule has 21 saturated heterocycles. The molecule has 21 heterocycles. The van der Waals surface area contributed by atoms with E-state index in [0.29, 0.717) is 0 Å². The van der Waals surface area contributed by atoms with E-state index in [1.807, 2.05) is 0 Å². The van der Waals surface area contributed by atoms with E-state index in [2.05, 4.69) is 0 Å². The summed E-state index contributed by atoms with van der Waals surface area (Å²) in [5.41, 5.74) is 0. The zero-order chi connectivity index (χ0) is 62.3. The van der Waals surface area contributed by atoms with Crippen molar-refractivity contribution in [2.75, 3.05) is 80.5 Å². The van der Waals surface area contributed by atoms with Crippen molar-refractivity contribution in [1.82, 2.24) is 0 Å². The molecule has 0 amide bonds. The van der Waals surface area contributed by atoms with Gasteiger partial charge in [0.1, 0.15) is 184 Å². The second-order valence-corrected chi connectivity index (χ2v) is 23.1. The van der Waals surface area contributed by atoms with Crippen LogP contribution in [0.2, 0.25) is 0 Å². The lowest BCUT2D eigenvalue weighted by atomic mass is 9.95. The number of aliphatic hydroxyl groups is 21. The van der Waals surface area contributed by atoms with Gasteiger partial charge in [-0.3, -0.25) is 0 Å². The van der Waals surface area contributed by atoms with Crippen molar-refractivity contribution in [3.05, 3.63) is 0 Å². The van der Waals surface area contributed by atoms with Crippen LogP contribution in [0.4, 0.5) is 0 Å². The summed E-state index contributed by atoms with van der Waals surface area (Å²) in [6.07, 6.45) is -71.6. The second kappa shape index (κ2) is 29.4. The van der Waals surface area contributed by atoms with Crippen molar-refractivity contribution in [2.45, 2.75) is 221 Å². The highest BCUT2D eigenvalue weighted by Crippen LogP contribution is 2.39. The Hall–Kier alpha value is -1.48. The minimum atomic E-state index is -2.22. The van der Waals surface area contributed by atoms with Crippen LogP contribution < -0.4 is 0 Å². The average Bonchev–Trinajstić information content (AvgIpc) is 1.75. The van der Waals surface area contributed by atoms with E-state index in [-0.39, 0.29) is 17.6 Å². The van der Waals surface area contributed by atoms with Crippen molar-refractivity contribution < 1.29 is 183 Å². The van der Waals surface area contributed by atoms with Crippen LogP contribution in [0.1, 0.15) is 0 Å². The monoisotopic (exact) mass is 1250 g/mol. The lowest BCUT2D eigenvalue weighted by molar-refractivity contribution is -0.873. The number of quaternary nitrogens is 1. The van der Waals surface area contributed by atoms with Crippen LogP contribution >= 0.6 is 0 Å². The maximum absolute atomic E-state index is 11.8. The molecule has 21 N–H and O–H groups in total. The van der Waals surface area contributed by atoms with Crippen LogP contribution in [-0.2, 0) is 71.1 Å². The van der Waals surface area contributed by atoms with E-state index in [0.717, 1.165) is 0 Å². The first-order valence-electron chi connectivity index (χ1n) is 27.6. The molecule has 85 heavy (non-hydrogen) atoms. The number of rotatable bonds is 12. The molecule has 1 unspecified atom stereocenters. The molecule has 0 aromatic carbocycles. The van der Waals surface area contributed by atoms with Gasteiger partial charge in [0.05, 0.1) is 74.0 Å². The number of hydrogen-bond acceptors (Lipinski definition) is 36. The van der Waals surface area contributed by atoms with Gasteiger partial charge in [0.25, 0.3) is 0 Å². The van der Waals surface area contributed by atoms with Crippen LogP contribution in [0.5, 0.6) is 0 Å². The first-order chi connectivity index (χ1) is 40.2. The molecule has 21 aliphatic heterocycles. The van der Waals surface area contributed by atoms with Gasteiger partial charge in [0.15, 0.2) is 44.0 Å². The van der Waals surface area contributed by atoms with Crippen molar-refractivity contribution in [3.8, 4) is 0 Å². The van der Waals surface area contributed by atoms with E-state index >= 15 is 0 Å². The fourth-order valence-corrected chi connectivity index (χ4v) is 11.4. The fourth-order valence-electron chi connectivity index (χ4n) is 11.4. The van der Waals surface area contributed by atoms with Crippen LogP contribution in [0, 0.1) is 0 Å². The third-order valence-electron chi connectivity index (χ3n) is 16.0. The Morgan fingerprint density at radius 2 is 0.459 bits per heavy atom. The molecule has 14 bridgehead atoms. The molecule has 37 heteroatoms. The summed E-state index contributed by atoms with van der Waals surface area (Å²) in [6.45, 7) is -7.13. The molecule has 0 aromatic rings. The van der Waals surface area contributed by atoms with Crippen LogP contribution in [-0.4, -0.2) is 413 Å². The Bertz CT molecular complexity index is 2030. The number of likely N-dealkylation sites (N-methyl/N-ethyl adjacent to an activating group) is 1. The minimum Gasteiger partial charge on any atom is -0.394 e. The van der Waals surface area contributed by atoms with Gasteiger partial charge in [0.2, 0.25) is 0 Å². The standard InChI is InChI=1S/C48H84NO36/c1-49(2,3)4-13(56)11-71-12-20-41-27(63)34(70)48(78-20)84-40-19(10-55)76-46(32(68)25(40)61)82-38-17(8-53)74-44(30(66)23(38)59)80-36-15(6-51)72-42(28(64)21(36)57)79-35-14(5-50)73-43(29(65)22(35)58)81-37-16(7-52)75-45(31(67)24(37)60)83-39-18(9-54)77-47(85-41)33(69)26(39)62/h13-48,50-70H,4-12H2,1-3H3/q+1/t13?,14-,15-,16-,17-,18-,19-,20-,21-,22-,23-,24-,25-,26-,27-,28-,29-,30-,31-,32-,33-,34-,35-,36-,37-,38-,39-,40-,41-,42-,43-,44-,45-,46-,47-,48-/m1/s1. The maximum atomic E-state index is 11.8. The molecule has 0 radical (unpaired) electrons. The molecule has 496 valence electrons. The lowest BCUT2D eigenvalue weighted by Crippen LogP contribution is -2.68. The number of ether oxygens (including phenoxy) is 15. The number of aliphatic hydroxyl groups excluding tert-OH is 21. The summed E-state index contributed by atoms with van der Waals surface area (Å²) >= 11 is 0. The molecule has 21 fully saturated rings. The second-order valence-electron chi connectivity index (χ2n) is 23.1. The molecule has 0 spiro atoms. The van der Waals surface area contributed by atoms with Gasteiger partial charge in [-0.15, -0.1) is 0 Å². The van der Waals surface area contributed by atoms with Crippen LogP contribution in [0.15, 0.2) is 0 Å². The lowest BCUT2D eigenvalue weighted by Gasteiger charge is -2.50. The SMILES string of the molecule is C[N+](C)(C)CC(O)COC[C@H]1O[C@@H]2O[C@H]3[C@H](O)[C@@H](O)[C@@H](O[C@H]4[C@H](O)[C@@H](O)[C@@H](O[C@H]5[C@H](O)[C@@H](O)[C@@H](O[C@H]6[C@H](O)[C@@H](O)[C@@H](O[C@H]7[C@H](O)[C@@H](O)[C@@H](O[C@H]8[C@H](O)[C@@H](O)[C@@H](O[C@H]1[C@H](O)[C@H]2O)O[C@@H]8CO)O[C@@H]7CO)O[C@@H]6CO)O[C@@H]5CO)O[C@@H]4CO)O[C@@H]3CO. The predicted octanol–water partition coefficient (Wildman–Crippen LogP) is -15.1. The Morgan fingerprint density at radius 1 is 0.282 bits per heavy atom. The van der Waals surface area contributed by atoms with Gasteiger partial charge in [-0.2, -0.15) is 0 Å². The molecule has 0 aliphatic carbocycles. The Morgan fingerprint density at radius 3 is 0.635 bits per heavy atom. The van der Waals surface area contributed by atoms with Gasteiger partial charge in [-0.1, -0.05) is 0 Å². The summed E-state index contributed by atoms with van der Waals surface area (Å²) in [4.78, 5) is 0. The van der Waals surface area contributed by atoms with E-state index in [1.165, 1.54) is 0 Å². The molecule has 0 aromatic heterocycles. The molecule has 37 nitrogen and oxygen atoms in total. The Labute approximate surface area is 483 Å². The van der Waals surface area contributed by atoms with Gasteiger partial charge in [-0.25, -0.2) is 0 Å². The van der Waals surface area contributed by atoms with E-state index < -0.39 is 267 Å². The Balaban J connectivity index is 1.09. The van der Waals surface area contributed by atoms with Gasteiger partial charge in [-0.05, 0) is 0 Å². The van der Waals surface area contributed by atoms with Crippen LogP contribution in [0.3, 0.4) is 0 Å². The van der Waals surface area contributed by atoms with Crippen molar-refractivity contribution in [2.24, 2.45) is 0 Å². The quantitative estimate of drug-likeness (QED) is 0.0807. The van der Waals surface area contributed by atoms with Gasteiger partial charge in [0, 0.05) is 0 Å². The van der Waals surface area contributed by atoms with Crippen LogP contribution in [0.25, 0.3) is 0 Å². The highest BCUT2D eigenvalue weighted by molar-refractivity contribution is 5.02. The molecule has 21 rings (SSSR count). The zero-order valence-corrected chi connectivity index (χ0v) is 46.1. The maximum Gasteiger partial charge on any atom is 0.187 e. The normalized spacial score (nSPS) is 51.9. The highest BCUT2D eigenvalue weighted by Gasteiger charge is 2.59. The summed E-state index contributed by atoms with van der Waals surface area (Å²) in [5, 5.41) is 234. The fraction of sp³-hybridized carbons (Fsp3) is 1.00. The largest absolute Gasteiger partial charge is 0.394 e. The van der Waals surface area contributed by atoms with E-state index in [4.69, 9.17) is 71.1 Å². The zero-order valence-electron chi connectivity index (χ0n) is 46.1. The topological polar surface area (TPSA) is 563 Å². The first kappa shape index (κ1) is 69.4. The van der Waals surface area contributed by atoms with Gasteiger partial charge >= 0.3 is 0 Å².